The molecule has 0 spiro atoms. The largest absolute Gasteiger partial charge is 0.481 e. The minimum Gasteiger partial charge on any atom is -0.481 e. The first-order valence-electron chi connectivity index (χ1n) is 5.83. The van der Waals surface area contributed by atoms with E-state index in [1.807, 2.05) is 0 Å². The van der Waals surface area contributed by atoms with Gasteiger partial charge in [-0.2, -0.15) is 0 Å². The van der Waals surface area contributed by atoms with Crippen molar-refractivity contribution in [3.05, 3.63) is 0 Å². The standard InChI is InChI=1S/C11H20N2O4/c1-17-8-3-2-6-13(7-8)11(16)9(12)4-5-10(14)15/h8-9H,2-7,12H2,1H3,(H,14,15). The van der Waals surface area contributed by atoms with Gasteiger partial charge in [-0.3, -0.25) is 9.59 Å². The molecule has 1 rings (SSSR count). The van der Waals surface area contributed by atoms with Crippen LogP contribution < -0.4 is 5.73 Å². The number of carboxylic acid groups (broad SMARTS) is 1. The summed E-state index contributed by atoms with van der Waals surface area (Å²) in [5.41, 5.74) is 5.69. The monoisotopic (exact) mass is 244 g/mol. The third kappa shape index (κ3) is 4.32. The van der Waals surface area contributed by atoms with E-state index in [0.717, 1.165) is 12.8 Å². The molecule has 1 heterocycles. The molecule has 0 aromatic carbocycles. The molecule has 1 amide bonds. The number of nitrogens with zero attached hydrogens (tertiary/aromatic N) is 1. The number of carbonyl (C=O) groups excluding carboxylic acids is 1. The van der Waals surface area contributed by atoms with Crippen molar-refractivity contribution < 1.29 is 19.4 Å². The van der Waals surface area contributed by atoms with E-state index in [0.29, 0.717) is 13.1 Å². The Bertz CT molecular complexity index is 283. The summed E-state index contributed by atoms with van der Waals surface area (Å²) in [6.07, 6.45) is 2.02. The van der Waals surface area contributed by atoms with E-state index >= 15 is 0 Å². The van der Waals surface area contributed by atoms with E-state index in [2.05, 4.69) is 0 Å². The second kappa shape index (κ2) is 6.56. The fourth-order valence-electron chi connectivity index (χ4n) is 1.97. The van der Waals surface area contributed by atoms with Gasteiger partial charge in [-0.25, -0.2) is 0 Å². The van der Waals surface area contributed by atoms with Gasteiger partial charge >= 0.3 is 5.97 Å². The number of amides is 1. The molecular formula is C11H20N2O4. The van der Waals surface area contributed by atoms with Crippen molar-refractivity contribution in [2.45, 2.75) is 37.8 Å². The number of piperidine rings is 1. The van der Waals surface area contributed by atoms with Crippen LogP contribution in [0.2, 0.25) is 0 Å². The number of ether oxygens (including phenoxy) is 1. The number of carboxylic acids is 1. The predicted octanol–water partition coefficient (Wildman–Crippen LogP) is -0.184. The van der Waals surface area contributed by atoms with Gasteiger partial charge in [-0.05, 0) is 19.3 Å². The van der Waals surface area contributed by atoms with Crippen molar-refractivity contribution in [1.82, 2.24) is 4.90 Å². The third-order valence-electron chi connectivity index (χ3n) is 3.01. The molecule has 0 bridgehead atoms. The number of carbonyl (C=O) groups is 2. The van der Waals surface area contributed by atoms with Crippen molar-refractivity contribution >= 4 is 11.9 Å². The van der Waals surface area contributed by atoms with Crippen molar-refractivity contribution in [3.63, 3.8) is 0 Å². The van der Waals surface area contributed by atoms with E-state index in [-0.39, 0.29) is 24.9 Å². The number of hydrogen-bond acceptors (Lipinski definition) is 4. The van der Waals surface area contributed by atoms with Gasteiger partial charge in [0.25, 0.3) is 0 Å². The van der Waals surface area contributed by atoms with Crippen LogP contribution in [0.4, 0.5) is 0 Å². The molecule has 98 valence electrons. The summed E-state index contributed by atoms with van der Waals surface area (Å²) in [6.45, 7) is 1.23. The maximum Gasteiger partial charge on any atom is 0.303 e. The Hall–Kier alpha value is -1.14. The quantitative estimate of drug-likeness (QED) is 0.699. The molecule has 1 saturated heterocycles. The number of hydrogen-bond donors (Lipinski definition) is 2. The van der Waals surface area contributed by atoms with E-state index < -0.39 is 12.0 Å². The summed E-state index contributed by atoms with van der Waals surface area (Å²) in [7, 11) is 1.63. The van der Waals surface area contributed by atoms with E-state index in [9.17, 15) is 9.59 Å². The third-order valence-corrected chi connectivity index (χ3v) is 3.01. The molecule has 3 N–H and O–H groups in total. The van der Waals surface area contributed by atoms with Crippen LogP contribution in [0, 0.1) is 0 Å². The van der Waals surface area contributed by atoms with Crippen LogP contribution in [0.1, 0.15) is 25.7 Å². The number of likely N-dealkylation sites (tertiary alicyclic amines) is 1. The van der Waals surface area contributed by atoms with Crippen LogP contribution in [0.25, 0.3) is 0 Å². The number of aliphatic carboxylic acids is 1. The molecule has 2 atom stereocenters. The summed E-state index contributed by atoms with van der Waals surface area (Å²) >= 11 is 0. The second-order valence-corrected chi connectivity index (χ2v) is 4.32. The molecule has 1 aliphatic heterocycles. The van der Waals surface area contributed by atoms with Crippen LogP contribution >= 0.6 is 0 Å². The zero-order chi connectivity index (χ0) is 12.8. The summed E-state index contributed by atoms with van der Waals surface area (Å²) in [4.78, 5) is 24.0. The minimum absolute atomic E-state index is 0.0689. The van der Waals surface area contributed by atoms with Gasteiger partial charge in [0.05, 0.1) is 12.1 Å². The molecule has 6 heteroatoms. The first kappa shape index (κ1) is 13.9. The van der Waals surface area contributed by atoms with Crippen LogP contribution in [0.15, 0.2) is 0 Å². The van der Waals surface area contributed by atoms with Crippen molar-refractivity contribution in [2.75, 3.05) is 20.2 Å². The molecule has 0 radical (unpaired) electrons. The van der Waals surface area contributed by atoms with Gasteiger partial charge in [-0.1, -0.05) is 0 Å². The maximum atomic E-state index is 11.9. The highest BCUT2D eigenvalue weighted by atomic mass is 16.5. The lowest BCUT2D eigenvalue weighted by Crippen LogP contribution is -2.49. The molecule has 1 fully saturated rings. The number of rotatable bonds is 5. The van der Waals surface area contributed by atoms with Crippen LogP contribution in [-0.4, -0.2) is 54.2 Å². The Balaban J connectivity index is 2.42. The summed E-state index contributed by atoms with van der Waals surface area (Å²) in [5, 5.41) is 8.53. The van der Waals surface area contributed by atoms with Gasteiger partial charge in [0.1, 0.15) is 0 Å². The van der Waals surface area contributed by atoms with Crippen molar-refractivity contribution in [3.8, 4) is 0 Å². The smallest absolute Gasteiger partial charge is 0.303 e. The topological polar surface area (TPSA) is 92.9 Å². The Morgan fingerprint density at radius 2 is 2.29 bits per heavy atom. The molecule has 0 aromatic heterocycles. The van der Waals surface area contributed by atoms with Gasteiger partial charge in [0.15, 0.2) is 0 Å². The molecule has 0 aliphatic carbocycles. The van der Waals surface area contributed by atoms with Crippen molar-refractivity contribution in [2.24, 2.45) is 5.73 Å². The highest BCUT2D eigenvalue weighted by molar-refractivity contribution is 5.82. The minimum atomic E-state index is -0.929. The second-order valence-electron chi connectivity index (χ2n) is 4.32. The number of methoxy groups -OCH3 is 1. The maximum absolute atomic E-state index is 11.9. The Kier molecular flexibility index (Phi) is 5.37. The first-order valence-corrected chi connectivity index (χ1v) is 5.83. The van der Waals surface area contributed by atoms with Gasteiger partial charge in [-0.15, -0.1) is 0 Å². The molecule has 2 unspecified atom stereocenters. The molecule has 0 saturated carbocycles. The Labute approximate surface area is 101 Å². The van der Waals surface area contributed by atoms with Crippen LogP contribution in [-0.2, 0) is 14.3 Å². The van der Waals surface area contributed by atoms with E-state index in [1.54, 1.807) is 12.0 Å². The Morgan fingerprint density at radius 3 is 2.88 bits per heavy atom. The molecular weight excluding hydrogens is 224 g/mol. The summed E-state index contributed by atoms with van der Waals surface area (Å²) in [6, 6.07) is -0.721. The lowest BCUT2D eigenvalue weighted by Gasteiger charge is -2.33. The van der Waals surface area contributed by atoms with Gasteiger partial charge < -0.3 is 20.5 Å². The highest BCUT2D eigenvalue weighted by Gasteiger charge is 2.27. The van der Waals surface area contributed by atoms with E-state index in [4.69, 9.17) is 15.6 Å². The number of nitrogens with two attached hydrogens (primary N) is 1. The molecule has 17 heavy (non-hydrogen) atoms. The molecule has 0 aromatic rings. The fraction of sp³-hybridized carbons (Fsp3) is 0.818. The van der Waals surface area contributed by atoms with E-state index in [1.165, 1.54) is 0 Å². The first-order chi connectivity index (χ1) is 8.04. The summed E-state index contributed by atoms with van der Waals surface area (Å²) < 4.78 is 5.22. The molecule has 1 aliphatic rings. The van der Waals surface area contributed by atoms with Gasteiger partial charge in [0, 0.05) is 26.6 Å². The molecule has 6 nitrogen and oxygen atoms in total. The lowest BCUT2D eigenvalue weighted by molar-refractivity contribution is -0.138. The zero-order valence-corrected chi connectivity index (χ0v) is 10.1. The van der Waals surface area contributed by atoms with Gasteiger partial charge in [0.2, 0.25) is 5.91 Å². The normalized spacial score (nSPS) is 22.2. The lowest BCUT2D eigenvalue weighted by atomic mass is 10.1. The average Bonchev–Trinajstić information content (AvgIpc) is 2.35. The predicted molar refractivity (Wildman–Crippen MR) is 61.5 cm³/mol. The SMILES string of the molecule is COC1CCCN(C(=O)C(N)CCC(=O)O)C1. The summed E-state index contributed by atoms with van der Waals surface area (Å²) in [5.74, 6) is -1.10. The van der Waals surface area contributed by atoms with Crippen LogP contribution in [0.3, 0.4) is 0 Å². The Morgan fingerprint density at radius 1 is 1.59 bits per heavy atom. The van der Waals surface area contributed by atoms with Crippen molar-refractivity contribution in [1.29, 1.82) is 0 Å². The van der Waals surface area contributed by atoms with Crippen LogP contribution in [0.5, 0.6) is 0 Å². The fourth-order valence-corrected chi connectivity index (χ4v) is 1.97. The average molecular weight is 244 g/mol. The highest BCUT2D eigenvalue weighted by Crippen LogP contribution is 2.14. The zero-order valence-electron chi connectivity index (χ0n) is 10.1.